The number of ether oxygens (including phenoxy) is 1. The van der Waals surface area contributed by atoms with E-state index in [9.17, 15) is 4.79 Å². The molecule has 4 aromatic rings. The van der Waals surface area contributed by atoms with Gasteiger partial charge in [0.2, 0.25) is 5.82 Å². The number of anilines is 1. The van der Waals surface area contributed by atoms with E-state index in [0.29, 0.717) is 18.3 Å². The van der Waals surface area contributed by atoms with Gasteiger partial charge in [-0.2, -0.15) is 4.98 Å². The molecule has 1 fully saturated rings. The molecular formula is C25H24N4O3. The highest BCUT2D eigenvalue weighted by Crippen LogP contribution is 2.33. The van der Waals surface area contributed by atoms with E-state index in [1.165, 1.54) is 0 Å². The summed E-state index contributed by atoms with van der Waals surface area (Å²) in [5.41, 5.74) is 2.63. The Morgan fingerprint density at radius 3 is 2.59 bits per heavy atom. The van der Waals surface area contributed by atoms with Crippen molar-refractivity contribution in [2.75, 3.05) is 24.6 Å². The first-order valence-corrected chi connectivity index (χ1v) is 10.9. The normalized spacial score (nSPS) is 14.6. The molecule has 0 saturated carbocycles. The van der Waals surface area contributed by atoms with Gasteiger partial charge in [0.15, 0.2) is 0 Å². The molecule has 1 aliphatic heterocycles. The quantitative estimate of drug-likeness (QED) is 0.425. The topological polar surface area (TPSA) is 81.4 Å². The highest BCUT2D eigenvalue weighted by molar-refractivity contribution is 5.94. The largest absolute Gasteiger partial charge is 0.466 e. The summed E-state index contributed by atoms with van der Waals surface area (Å²) in [4.78, 5) is 23.8. The maximum Gasteiger partial charge on any atom is 0.309 e. The van der Waals surface area contributed by atoms with E-state index in [-0.39, 0.29) is 11.9 Å². The van der Waals surface area contributed by atoms with Gasteiger partial charge >= 0.3 is 5.97 Å². The van der Waals surface area contributed by atoms with E-state index in [0.717, 1.165) is 53.8 Å². The van der Waals surface area contributed by atoms with Crippen LogP contribution in [0.5, 0.6) is 0 Å². The van der Waals surface area contributed by atoms with Crippen LogP contribution in [0.2, 0.25) is 0 Å². The van der Waals surface area contributed by atoms with Crippen molar-refractivity contribution in [2.45, 2.75) is 19.8 Å². The average Bonchev–Trinajstić information content (AvgIpc) is 3.34. The molecule has 5 rings (SSSR count). The van der Waals surface area contributed by atoms with Crippen molar-refractivity contribution in [3.05, 3.63) is 60.7 Å². The summed E-state index contributed by atoms with van der Waals surface area (Å²) in [6.45, 7) is 3.75. The van der Waals surface area contributed by atoms with Gasteiger partial charge in [-0.15, -0.1) is 0 Å². The lowest BCUT2D eigenvalue weighted by Gasteiger charge is -2.32. The zero-order valence-electron chi connectivity index (χ0n) is 17.9. The van der Waals surface area contributed by atoms with E-state index in [1.54, 1.807) is 0 Å². The number of carbonyl (C=O) groups excluding carboxylic acids is 1. The van der Waals surface area contributed by atoms with Crippen LogP contribution in [0.25, 0.3) is 33.7 Å². The Bertz CT molecular complexity index is 1230. The molecule has 32 heavy (non-hydrogen) atoms. The molecule has 0 radical (unpaired) electrons. The molecule has 2 aromatic heterocycles. The third-order valence-corrected chi connectivity index (χ3v) is 5.83. The van der Waals surface area contributed by atoms with E-state index < -0.39 is 0 Å². The van der Waals surface area contributed by atoms with Crippen molar-refractivity contribution in [1.29, 1.82) is 0 Å². The van der Waals surface area contributed by atoms with Crippen LogP contribution in [0.4, 0.5) is 5.82 Å². The fraction of sp³-hybridized carbons (Fsp3) is 0.280. The number of aromatic nitrogens is 3. The minimum absolute atomic E-state index is 0.0458. The number of hydrogen-bond acceptors (Lipinski definition) is 7. The second-order valence-corrected chi connectivity index (χ2v) is 7.85. The number of piperidine rings is 1. The zero-order chi connectivity index (χ0) is 21.9. The van der Waals surface area contributed by atoms with Gasteiger partial charge in [0.1, 0.15) is 5.82 Å². The van der Waals surface area contributed by atoms with Crippen molar-refractivity contribution in [3.63, 3.8) is 0 Å². The third-order valence-electron chi connectivity index (χ3n) is 5.83. The lowest BCUT2D eigenvalue weighted by molar-refractivity contribution is -0.148. The van der Waals surface area contributed by atoms with Crippen molar-refractivity contribution in [1.82, 2.24) is 15.1 Å². The Balaban J connectivity index is 1.47. The van der Waals surface area contributed by atoms with E-state index in [2.05, 4.69) is 15.0 Å². The summed E-state index contributed by atoms with van der Waals surface area (Å²) >= 11 is 0. The van der Waals surface area contributed by atoms with E-state index >= 15 is 0 Å². The molecule has 162 valence electrons. The zero-order valence-corrected chi connectivity index (χ0v) is 17.9. The summed E-state index contributed by atoms with van der Waals surface area (Å²) in [7, 11) is 0. The number of carbonyl (C=O) groups is 1. The third kappa shape index (κ3) is 3.93. The summed E-state index contributed by atoms with van der Waals surface area (Å²) in [6.07, 6.45) is 1.50. The van der Waals surface area contributed by atoms with E-state index in [1.807, 2.05) is 67.6 Å². The molecule has 7 nitrogen and oxygen atoms in total. The maximum absolute atomic E-state index is 12.1. The molecule has 0 spiro atoms. The molecule has 1 saturated heterocycles. The Hall–Kier alpha value is -3.74. The summed E-state index contributed by atoms with van der Waals surface area (Å²) in [6, 6.07) is 19.7. The summed E-state index contributed by atoms with van der Waals surface area (Å²) < 4.78 is 10.9. The molecule has 1 aliphatic rings. The average molecular weight is 428 g/mol. The molecule has 0 amide bonds. The first-order valence-electron chi connectivity index (χ1n) is 10.9. The number of nitrogens with zero attached hydrogens (tertiary/aromatic N) is 4. The van der Waals surface area contributed by atoms with Gasteiger partial charge in [0, 0.05) is 24.0 Å². The highest BCUT2D eigenvalue weighted by Gasteiger charge is 2.27. The SMILES string of the molecule is CCOC(=O)C1CCN(c2cc(-c3nc(-c4ccccc4)no3)c3ccccc3n2)CC1. The lowest BCUT2D eigenvalue weighted by atomic mass is 9.97. The van der Waals surface area contributed by atoms with Gasteiger partial charge in [0.25, 0.3) is 5.89 Å². The molecule has 0 atom stereocenters. The second kappa shape index (κ2) is 8.78. The van der Waals surface area contributed by atoms with Crippen LogP contribution in [0.3, 0.4) is 0 Å². The van der Waals surface area contributed by atoms with Crippen LogP contribution >= 0.6 is 0 Å². The van der Waals surface area contributed by atoms with Crippen molar-refractivity contribution in [2.24, 2.45) is 5.92 Å². The molecule has 3 heterocycles. The van der Waals surface area contributed by atoms with Crippen molar-refractivity contribution < 1.29 is 14.1 Å². The van der Waals surface area contributed by atoms with Gasteiger partial charge in [-0.1, -0.05) is 53.7 Å². The molecule has 2 aromatic carbocycles. The monoisotopic (exact) mass is 428 g/mol. The molecule has 7 heteroatoms. The number of fused-ring (bicyclic) bond motifs is 1. The standard InChI is InChI=1S/C25H24N4O3/c1-2-31-25(30)18-12-14-29(15-13-18)22-16-20(19-10-6-7-11-21(19)26-22)24-27-23(28-32-24)17-8-4-3-5-9-17/h3-11,16,18H,2,12-15H2,1H3. The van der Waals surface area contributed by atoms with Crippen LogP contribution in [-0.4, -0.2) is 40.8 Å². The number of esters is 1. The van der Waals surface area contributed by atoms with Crippen LogP contribution in [0, 0.1) is 5.92 Å². The number of hydrogen-bond donors (Lipinski definition) is 0. The number of rotatable bonds is 5. The smallest absolute Gasteiger partial charge is 0.309 e. The molecular weight excluding hydrogens is 404 g/mol. The Labute approximate surface area is 186 Å². The number of benzene rings is 2. The molecule has 0 bridgehead atoms. The van der Waals surface area contributed by atoms with Gasteiger partial charge < -0.3 is 14.2 Å². The van der Waals surface area contributed by atoms with E-state index in [4.69, 9.17) is 14.2 Å². The molecule has 0 unspecified atom stereocenters. The second-order valence-electron chi connectivity index (χ2n) is 7.85. The highest BCUT2D eigenvalue weighted by atomic mass is 16.5. The summed E-state index contributed by atoms with van der Waals surface area (Å²) in [5, 5.41) is 5.15. The Morgan fingerprint density at radius 2 is 1.81 bits per heavy atom. The fourth-order valence-corrected chi connectivity index (χ4v) is 4.14. The minimum Gasteiger partial charge on any atom is -0.466 e. The van der Waals surface area contributed by atoms with Crippen LogP contribution in [0.1, 0.15) is 19.8 Å². The lowest BCUT2D eigenvalue weighted by Crippen LogP contribution is -2.37. The Morgan fingerprint density at radius 1 is 1.06 bits per heavy atom. The van der Waals surface area contributed by atoms with Crippen molar-refractivity contribution in [3.8, 4) is 22.8 Å². The molecule has 0 aliphatic carbocycles. The Kier molecular flexibility index (Phi) is 5.54. The fourth-order valence-electron chi connectivity index (χ4n) is 4.14. The van der Waals surface area contributed by atoms with Crippen molar-refractivity contribution >= 4 is 22.7 Å². The van der Waals surface area contributed by atoms with Gasteiger partial charge in [-0.05, 0) is 31.9 Å². The number of para-hydroxylation sites is 1. The van der Waals surface area contributed by atoms with Crippen LogP contribution in [0.15, 0.2) is 65.2 Å². The summed E-state index contributed by atoms with van der Waals surface area (Å²) in [5.74, 6) is 1.72. The predicted octanol–water partition coefficient (Wildman–Crippen LogP) is 4.73. The first kappa shape index (κ1) is 20.2. The number of pyridine rings is 1. The van der Waals surface area contributed by atoms with Gasteiger partial charge in [-0.3, -0.25) is 4.79 Å². The predicted molar refractivity (Wildman–Crippen MR) is 122 cm³/mol. The van der Waals surface area contributed by atoms with Gasteiger partial charge in [-0.25, -0.2) is 4.98 Å². The van der Waals surface area contributed by atoms with Gasteiger partial charge in [0.05, 0.1) is 23.6 Å². The maximum atomic E-state index is 12.1. The van der Waals surface area contributed by atoms with Crippen LogP contribution < -0.4 is 4.90 Å². The minimum atomic E-state index is -0.0985. The molecule has 0 N–H and O–H groups in total. The van der Waals surface area contributed by atoms with Crippen LogP contribution in [-0.2, 0) is 9.53 Å². The first-order chi connectivity index (χ1) is 15.7.